The van der Waals surface area contributed by atoms with Gasteiger partial charge >= 0.3 is 11.9 Å². The smallest absolute Gasteiger partial charge is 0.306 e. The maximum absolute atomic E-state index is 12.7. The van der Waals surface area contributed by atoms with Gasteiger partial charge in [-0.05, 0) is 64.2 Å². The lowest BCUT2D eigenvalue weighted by atomic mass is 9.99. The Labute approximate surface area is 309 Å². The number of unbranched alkanes of at least 4 members (excludes halogenated alkanes) is 18. The van der Waals surface area contributed by atoms with Crippen LogP contribution in [0, 0.1) is 0 Å². The standard InChI is InChI=1S/C41H74O10/c1-3-5-7-9-11-13-15-17-19-21-23-25-27-29-36(43)48-32-34(33-49-41-40(47)39(46)38(45)35(31-42)51-41)50-37(44)30-28-26-24-22-20-18-16-14-12-10-8-6-4-2/h13-16,34-35,38-42,45-47H,3-12,17-33H2,1-2H3/t34?,35-,38+,39+,40+,41-/m1/s1. The zero-order valence-electron chi connectivity index (χ0n) is 32.1. The van der Waals surface area contributed by atoms with Crippen molar-refractivity contribution < 1.29 is 49.0 Å². The summed E-state index contributed by atoms with van der Waals surface area (Å²) in [5.41, 5.74) is 0. The molecular weight excluding hydrogens is 652 g/mol. The summed E-state index contributed by atoms with van der Waals surface area (Å²) in [4.78, 5) is 25.2. The van der Waals surface area contributed by atoms with E-state index >= 15 is 0 Å². The molecule has 298 valence electrons. The topological polar surface area (TPSA) is 152 Å². The van der Waals surface area contributed by atoms with Crippen LogP contribution in [0.2, 0.25) is 0 Å². The largest absolute Gasteiger partial charge is 0.462 e. The van der Waals surface area contributed by atoms with Gasteiger partial charge < -0.3 is 39.4 Å². The number of aliphatic hydroxyl groups is 4. The van der Waals surface area contributed by atoms with Crippen LogP contribution < -0.4 is 0 Å². The van der Waals surface area contributed by atoms with Gasteiger partial charge in [0, 0.05) is 12.8 Å². The summed E-state index contributed by atoms with van der Waals surface area (Å²) >= 11 is 0. The lowest BCUT2D eigenvalue weighted by molar-refractivity contribution is -0.305. The first-order valence-electron chi connectivity index (χ1n) is 20.4. The van der Waals surface area contributed by atoms with Gasteiger partial charge in [-0.25, -0.2) is 0 Å². The maximum Gasteiger partial charge on any atom is 0.306 e. The Kier molecular flexibility index (Phi) is 30.4. The number of hydrogen-bond donors (Lipinski definition) is 4. The first-order valence-corrected chi connectivity index (χ1v) is 20.4. The van der Waals surface area contributed by atoms with Gasteiger partial charge in [-0.3, -0.25) is 9.59 Å². The van der Waals surface area contributed by atoms with Gasteiger partial charge in [-0.15, -0.1) is 0 Å². The molecule has 1 aliphatic heterocycles. The van der Waals surface area contributed by atoms with E-state index in [1.165, 1.54) is 57.8 Å². The Morgan fingerprint density at radius 1 is 0.588 bits per heavy atom. The van der Waals surface area contributed by atoms with Crippen LogP contribution in [0.5, 0.6) is 0 Å². The van der Waals surface area contributed by atoms with Crippen LogP contribution in [-0.2, 0) is 28.5 Å². The van der Waals surface area contributed by atoms with E-state index in [-0.39, 0.29) is 32.0 Å². The fourth-order valence-electron chi connectivity index (χ4n) is 6.00. The highest BCUT2D eigenvalue weighted by atomic mass is 16.7. The molecule has 4 N–H and O–H groups in total. The van der Waals surface area contributed by atoms with Crippen molar-refractivity contribution in [2.75, 3.05) is 19.8 Å². The van der Waals surface area contributed by atoms with Gasteiger partial charge in [0.05, 0.1) is 13.2 Å². The zero-order valence-corrected chi connectivity index (χ0v) is 32.1. The Bertz CT molecular complexity index is 892. The monoisotopic (exact) mass is 727 g/mol. The second-order valence-corrected chi connectivity index (χ2v) is 14.1. The van der Waals surface area contributed by atoms with Crippen molar-refractivity contribution in [2.24, 2.45) is 0 Å². The Hall–Kier alpha value is -1.82. The van der Waals surface area contributed by atoms with Crippen molar-refractivity contribution >= 4 is 11.9 Å². The number of aliphatic hydroxyl groups excluding tert-OH is 4. The van der Waals surface area contributed by atoms with E-state index in [1.54, 1.807) is 0 Å². The molecule has 51 heavy (non-hydrogen) atoms. The van der Waals surface area contributed by atoms with Gasteiger partial charge in [0.2, 0.25) is 0 Å². The Morgan fingerprint density at radius 3 is 1.53 bits per heavy atom. The predicted octanol–water partition coefficient (Wildman–Crippen LogP) is 7.77. The van der Waals surface area contributed by atoms with Gasteiger partial charge in [0.15, 0.2) is 12.4 Å². The molecule has 0 amide bonds. The van der Waals surface area contributed by atoms with Crippen molar-refractivity contribution in [3.8, 4) is 0 Å². The predicted molar refractivity (Wildman–Crippen MR) is 201 cm³/mol. The van der Waals surface area contributed by atoms with Crippen molar-refractivity contribution in [1.29, 1.82) is 0 Å². The lowest BCUT2D eigenvalue weighted by Crippen LogP contribution is -2.59. The molecule has 1 fully saturated rings. The Balaban J connectivity index is 2.39. The SMILES string of the molecule is CCCCCCC=CCCCCCCCC(=O)OCC(CO[C@@H]1O[C@H](CO)[C@H](O)[C@H](O)[C@@H]1O)OC(=O)CCCCCCCC=CCCCCCC. The van der Waals surface area contributed by atoms with Crippen LogP contribution >= 0.6 is 0 Å². The molecular formula is C41H74O10. The molecule has 10 heteroatoms. The Morgan fingerprint density at radius 2 is 1.04 bits per heavy atom. The summed E-state index contributed by atoms with van der Waals surface area (Å²) in [7, 11) is 0. The molecule has 0 saturated carbocycles. The number of hydrogen-bond acceptors (Lipinski definition) is 10. The second kappa shape index (κ2) is 32.8. The normalized spacial score (nSPS) is 21.4. The van der Waals surface area contributed by atoms with Crippen LogP contribution in [0.4, 0.5) is 0 Å². The zero-order chi connectivity index (χ0) is 37.4. The highest BCUT2D eigenvalue weighted by Gasteiger charge is 2.44. The van der Waals surface area contributed by atoms with Crippen LogP contribution in [-0.4, -0.2) is 89.0 Å². The number of ether oxygens (including phenoxy) is 4. The average molecular weight is 727 g/mol. The highest BCUT2D eigenvalue weighted by Crippen LogP contribution is 2.22. The van der Waals surface area contributed by atoms with E-state index in [4.69, 9.17) is 18.9 Å². The minimum atomic E-state index is -1.59. The average Bonchev–Trinajstić information content (AvgIpc) is 3.13. The van der Waals surface area contributed by atoms with Crippen molar-refractivity contribution in [3.63, 3.8) is 0 Å². The van der Waals surface area contributed by atoms with Gasteiger partial charge in [-0.2, -0.15) is 0 Å². The van der Waals surface area contributed by atoms with Crippen LogP contribution in [0.1, 0.15) is 168 Å². The number of esters is 2. The third-order valence-electron chi connectivity index (χ3n) is 9.31. The number of carbonyl (C=O) groups excluding carboxylic acids is 2. The molecule has 0 aromatic heterocycles. The molecule has 0 spiro atoms. The van der Waals surface area contributed by atoms with Crippen LogP contribution in [0.15, 0.2) is 24.3 Å². The minimum absolute atomic E-state index is 0.219. The van der Waals surface area contributed by atoms with Crippen LogP contribution in [0.25, 0.3) is 0 Å². The summed E-state index contributed by atoms with van der Waals surface area (Å²) in [6, 6.07) is 0. The number of carbonyl (C=O) groups is 2. The van der Waals surface area contributed by atoms with Crippen molar-refractivity contribution in [3.05, 3.63) is 24.3 Å². The first-order chi connectivity index (χ1) is 24.8. The summed E-state index contributed by atoms with van der Waals surface area (Å²) in [5, 5.41) is 39.9. The van der Waals surface area contributed by atoms with Gasteiger partial charge in [0.25, 0.3) is 0 Å². The molecule has 1 aliphatic rings. The molecule has 0 aliphatic carbocycles. The number of allylic oxidation sites excluding steroid dienone is 4. The van der Waals surface area contributed by atoms with Gasteiger partial charge in [0.1, 0.15) is 31.0 Å². The third kappa shape index (κ3) is 24.9. The quantitative estimate of drug-likeness (QED) is 0.0300. The first kappa shape index (κ1) is 47.2. The molecule has 1 heterocycles. The summed E-state index contributed by atoms with van der Waals surface area (Å²) in [6.07, 6.45) is 26.1. The van der Waals surface area contributed by atoms with E-state index < -0.39 is 49.4 Å². The molecule has 10 nitrogen and oxygen atoms in total. The van der Waals surface area contributed by atoms with E-state index in [1.807, 2.05) is 0 Å². The minimum Gasteiger partial charge on any atom is -0.462 e. The summed E-state index contributed by atoms with van der Waals surface area (Å²) in [6.45, 7) is 3.36. The van der Waals surface area contributed by atoms with E-state index in [9.17, 15) is 30.0 Å². The summed E-state index contributed by atoms with van der Waals surface area (Å²) < 4.78 is 22.1. The molecule has 1 rings (SSSR count). The molecule has 1 saturated heterocycles. The maximum atomic E-state index is 12.7. The second-order valence-electron chi connectivity index (χ2n) is 14.1. The van der Waals surface area contributed by atoms with Gasteiger partial charge in [-0.1, -0.05) is 115 Å². The molecule has 6 atom stereocenters. The van der Waals surface area contributed by atoms with E-state index in [0.29, 0.717) is 12.8 Å². The summed E-state index contributed by atoms with van der Waals surface area (Å²) in [5.74, 6) is -0.827. The fourth-order valence-corrected chi connectivity index (χ4v) is 6.00. The van der Waals surface area contributed by atoms with E-state index in [0.717, 1.165) is 70.6 Å². The van der Waals surface area contributed by atoms with Crippen LogP contribution in [0.3, 0.4) is 0 Å². The third-order valence-corrected chi connectivity index (χ3v) is 9.31. The molecule has 0 bridgehead atoms. The molecule has 0 aromatic rings. The highest BCUT2D eigenvalue weighted by molar-refractivity contribution is 5.70. The molecule has 1 unspecified atom stereocenters. The number of rotatable bonds is 33. The van der Waals surface area contributed by atoms with Crippen molar-refractivity contribution in [2.45, 2.75) is 205 Å². The fraction of sp³-hybridized carbons (Fsp3) is 0.854. The molecule has 0 aromatic carbocycles. The molecule has 0 radical (unpaired) electrons. The van der Waals surface area contributed by atoms with Crippen molar-refractivity contribution in [1.82, 2.24) is 0 Å². The van der Waals surface area contributed by atoms with E-state index in [2.05, 4.69) is 38.2 Å². The lowest BCUT2D eigenvalue weighted by Gasteiger charge is -2.39.